The van der Waals surface area contributed by atoms with Gasteiger partial charge in [-0.25, -0.2) is 0 Å². The molecular formula is C12H20N6O2. The molecule has 0 aromatic carbocycles. The molecule has 0 atom stereocenters. The summed E-state index contributed by atoms with van der Waals surface area (Å²) in [5.41, 5.74) is 5.70. The fraction of sp³-hybridized carbons (Fsp3) is 0.667. The van der Waals surface area contributed by atoms with Gasteiger partial charge in [0.25, 0.3) is 0 Å². The van der Waals surface area contributed by atoms with E-state index in [4.69, 9.17) is 5.73 Å². The van der Waals surface area contributed by atoms with Crippen molar-refractivity contribution in [3.63, 3.8) is 0 Å². The van der Waals surface area contributed by atoms with Gasteiger partial charge in [0.2, 0.25) is 17.8 Å². The summed E-state index contributed by atoms with van der Waals surface area (Å²) in [5, 5.41) is 2.96. The molecule has 8 nitrogen and oxygen atoms in total. The minimum absolute atomic E-state index is 0.182. The number of methoxy groups -OCH3 is 1. The smallest absolute Gasteiger partial charge is 0.307 e. The van der Waals surface area contributed by atoms with Crippen LogP contribution in [0.15, 0.2) is 0 Å². The van der Waals surface area contributed by atoms with Gasteiger partial charge in [-0.3, -0.25) is 4.79 Å². The molecule has 2 heterocycles. The second-order valence-electron chi connectivity index (χ2n) is 4.62. The summed E-state index contributed by atoms with van der Waals surface area (Å²) in [6, 6.07) is 0. The number of piperidine rings is 1. The maximum atomic E-state index is 11.0. The maximum absolute atomic E-state index is 11.0. The van der Waals surface area contributed by atoms with Crippen molar-refractivity contribution >= 4 is 23.8 Å². The predicted molar refractivity (Wildman–Crippen MR) is 75.4 cm³/mol. The largest absolute Gasteiger partial charge is 0.469 e. The first-order chi connectivity index (χ1) is 9.69. The molecule has 1 saturated heterocycles. The van der Waals surface area contributed by atoms with Crippen LogP contribution in [0.5, 0.6) is 0 Å². The summed E-state index contributed by atoms with van der Waals surface area (Å²) >= 11 is 0. The lowest BCUT2D eigenvalue weighted by molar-refractivity contribution is -0.140. The van der Waals surface area contributed by atoms with Crippen LogP contribution >= 0.6 is 0 Å². The first kappa shape index (κ1) is 14.3. The molecule has 0 saturated carbocycles. The molecule has 1 aromatic rings. The average molecular weight is 280 g/mol. The van der Waals surface area contributed by atoms with Gasteiger partial charge in [-0.05, 0) is 19.3 Å². The van der Waals surface area contributed by atoms with E-state index in [9.17, 15) is 4.79 Å². The number of rotatable bonds is 5. The van der Waals surface area contributed by atoms with Gasteiger partial charge in [-0.15, -0.1) is 0 Å². The van der Waals surface area contributed by atoms with Crippen molar-refractivity contribution in [1.82, 2.24) is 15.0 Å². The number of carbonyl (C=O) groups is 1. The van der Waals surface area contributed by atoms with E-state index in [0.29, 0.717) is 18.4 Å². The third kappa shape index (κ3) is 3.94. The number of nitrogen functional groups attached to an aromatic ring is 1. The number of esters is 1. The van der Waals surface area contributed by atoms with Crippen LogP contribution in [0.1, 0.15) is 25.7 Å². The molecule has 0 bridgehead atoms. The molecular weight excluding hydrogens is 260 g/mol. The minimum Gasteiger partial charge on any atom is -0.469 e. The Labute approximate surface area is 117 Å². The molecule has 0 unspecified atom stereocenters. The van der Waals surface area contributed by atoms with Crippen molar-refractivity contribution in [2.45, 2.75) is 25.7 Å². The Hall–Kier alpha value is -2.12. The van der Waals surface area contributed by atoms with Gasteiger partial charge < -0.3 is 20.7 Å². The number of carbonyl (C=O) groups excluding carboxylic acids is 1. The maximum Gasteiger partial charge on any atom is 0.307 e. The molecule has 20 heavy (non-hydrogen) atoms. The van der Waals surface area contributed by atoms with E-state index >= 15 is 0 Å². The van der Waals surface area contributed by atoms with Gasteiger partial charge in [0.1, 0.15) is 0 Å². The third-order valence-electron chi connectivity index (χ3n) is 3.12. The molecule has 0 radical (unpaired) electrons. The van der Waals surface area contributed by atoms with Crippen molar-refractivity contribution in [1.29, 1.82) is 0 Å². The number of nitrogens with one attached hydrogen (secondary N) is 1. The Kier molecular flexibility index (Phi) is 4.91. The summed E-state index contributed by atoms with van der Waals surface area (Å²) in [7, 11) is 1.36. The van der Waals surface area contributed by atoms with Crippen LogP contribution in [0.3, 0.4) is 0 Å². The lowest BCUT2D eigenvalue weighted by atomic mass is 10.1. The van der Waals surface area contributed by atoms with E-state index in [0.717, 1.165) is 25.9 Å². The number of nitrogens with zero attached hydrogens (tertiary/aromatic N) is 4. The molecule has 0 amide bonds. The Balaban J connectivity index is 1.98. The van der Waals surface area contributed by atoms with Crippen LogP contribution in [0.2, 0.25) is 0 Å². The Bertz CT molecular complexity index is 461. The lowest BCUT2D eigenvalue weighted by Crippen LogP contribution is -2.31. The molecule has 2 rings (SSSR count). The molecule has 110 valence electrons. The highest BCUT2D eigenvalue weighted by atomic mass is 16.5. The van der Waals surface area contributed by atoms with Crippen LogP contribution in [-0.4, -0.2) is 47.7 Å². The Morgan fingerprint density at radius 3 is 2.75 bits per heavy atom. The molecule has 1 aromatic heterocycles. The Morgan fingerprint density at radius 2 is 2.05 bits per heavy atom. The van der Waals surface area contributed by atoms with Crippen LogP contribution in [0.25, 0.3) is 0 Å². The summed E-state index contributed by atoms with van der Waals surface area (Å²) < 4.78 is 4.57. The molecule has 0 aliphatic carbocycles. The van der Waals surface area contributed by atoms with Crippen LogP contribution in [0.4, 0.5) is 17.8 Å². The second-order valence-corrected chi connectivity index (χ2v) is 4.62. The van der Waals surface area contributed by atoms with Gasteiger partial charge in [0, 0.05) is 19.6 Å². The lowest BCUT2D eigenvalue weighted by Gasteiger charge is -2.26. The highest BCUT2D eigenvalue weighted by Crippen LogP contribution is 2.17. The number of hydrogen-bond acceptors (Lipinski definition) is 8. The number of anilines is 3. The fourth-order valence-electron chi connectivity index (χ4n) is 2.07. The molecule has 0 spiro atoms. The van der Waals surface area contributed by atoms with Gasteiger partial charge in [-0.2, -0.15) is 15.0 Å². The number of hydrogen-bond donors (Lipinski definition) is 2. The summed E-state index contributed by atoms with van der Waals surface area (Å²) in [6.45, 7) is 2.27. The zero-order valence-electron chi connectivity index (χ0n) is 11.6. The Morgan fingerprint density at radius 1 is 1.30 bits per heavy atom. The van der Waals surface area contributed by atoms with Crippen molar-refractivity contribution in [3.05, 3.63) is 0 Å². The van der Waals surface area contributed by atoms with E-state index < -0.39 is 0 Å². The molecule has 1 aliphatic heterocycles. The van der Waals surface area contributed by atoms with Crippen LogP contribution in [-0.2, 0) is 9.53 Å². The highest BCUT2D eigenvalue weighted by Gasteiger charge is 2.15. The van der Waals surface area contributed by atoms with Crippen molar-refractivity contribution in [3.8, 4) is 0 Å². The standard InChI is InChI=1S/C12H20N6O2/c1-20-9(19)5-6-14-11-15-10(13)16-12(17-11)18-7-3-2-4-8-18/h2-8H2,1H3,(H3,13,14,15,16,17). The molecule has 1 aliphatic rings. The van der Waals surface area contributed by atoms with Crippen molar-refractivity contribution < 1.29 is 9.53 Å². The third-order valence-corrected chi connectivity index (χ3v) is 3.12. The second kappa shape index (κ2) is 6.88. The highest BCUT2D eigenvalue weighted by molar-refractivity contribution is 5.69. The zero-order chi connectivity index (χ0) is 14.4. The number of ether oxygens (including phenoxy) is 1. The quantitative estimate of drug-likeness (QED) is 0.747. The van der Waals surface area contributed by atoms with E-state index in [1.54, 1.807) is 0 Å². The fourth-order valence-corrected chi connectivity index (χ4v) is 2.07. The van der Waals surface area contributed by atoms with E-state index in [1.807, 2.05) is 0 Å². The monoisotopic (exact) mass is 280 g/mol. The topological polar surface area (TPSA) is 106 Å². The zero-order valence-corrected chi connectivity index (χ0v) is 11.6. The minimum atomic E-state index is -0.282. The summed E-state index contributed by atoms with van der Waals surface area (Å²) in [5.74, 6) is 0.886. The molecule has 8 heteroatoms. The van der Waals surface area contributed by atoms with Gasteiger partial charge >= 0.3 is 5.97 Å². The molecule has 3 N–H and O–H groups in total. The van der Waals surface area contributed by atoms with E-state index in [-0.39, 0.29) is 18.3 Å². The SMILES string of the molecule is COC(=O)CCNc1nc(N)nc(N2CCCCC2)n1. The summed E-state index contributed by atoms with van der Waals surface area (Å²) in [6.07, 6.45) is 3.76. The van der Waals surface area contributed by atoms with Crippen LogP contribution < -0.4 is 16.0 Å². The summed E-state index contributed by atoms with van der Waals surface area (Å²) in [4.78, 5) is 25.7. The van der Waals surface area contributed by atoms with Gasteiger partial charge in [0.15, 0.2) is 0 Å². The average Bonchev–Trinajstić information content (AvgIpc) is 2.47. The van der Waals surface area contributed by atoms with Crippen molar-refractivity contribution in [2.75, 3.05) is 42.7 Å². The van der Waals surface area contributed by atoms with Crippen LogP contribution in [0, 0.1) is 0 Å². The van der Waals surface area contributed by atoms with Crippen molar-refractivity contribution in [2.24, 2.45) is 0 Å². The first-order valence-electron chi connectivity index (χ1n) is 6.76. The number of nitrogens with two attached hydrogens (primary N) is 1. The van der Waals surface area contributed by atoms with E-state index in [2.05, 4.69) is 29.9 Å². The molecule has 1 fully saturated rings. The predicted octanol–water partition coefficient (Wildman–Crippen LogP) is 0.419. The van der Waals surface area contributed by atoms with E-state index in [1.165, 1.54) is 13.5 Å². The number of aromatic nitrogens is 3. The van der Waals surface area contributed by atoms with Gasteiger partial charge in [0.05, 0.1) is 13.5 Å². The first-order valence-corrected chi connectivity index (χ1v) is 6.76. The van der Waals surface area contributed by atoms with Gasteiger partial charge in [-0.1, -0.05) is 0 Å². The normalized spacial score (nSPS) is 14.9.